The van der Waals surface area contributed by atoms with Gasteiger partial charge in [0.05, 0.1) is 6.04 Å². The molecule has 0 radical (unpaired) electrons. The number of nitrogens with one attached hydrogen (secondary N) is 1. The van der Waals surface area contributed by atoms with Gasteiger partial charge in [-0.3, -0.25) is 4.79 Å². The SMILES string of the molecule is CN(CC(F)(F)F)C(=O)[C@H]1CCCN1. The van der Waals surface area contributed by atoms with Crippen LogP contribution in [0.2, 0.25) is 0 Å². The molecule has 0 bridgehead atoms. The van der Waals surface area contributed by atoms with E-state index in [0.29, 0.717) is 13.0 Å². The Balaban J connectivity index is 2.43. The minimum absolute atomic E-state index is 0.428. The van der Waals surface area contributed by atoms with Gasteiger partial charge in [0, 0.05) is 7.05 Å². The average molecular weight is 210 g/mol. The van der Waals surface area contributed by atoms with Crippen LogP contribution in [0.1, 0.15) is 12.8 Å². The monoisotopic (exact) mass is 210 g/mol. The number of likely N-dealkylation sites (N-methyl/N-ethyl adjacent to an activating group) is 1. The fraction of sp³-hybridized carbons (Fsp3) is 0.875. The highest BCUT2D eigenvalue weighted by atomic mass is 19.4. The number of amides is 1. The molecule has 0 spiro atoms. The molecular weight excluding hydrogens is 197 g/mol. The van der Waals surface area contributed by atoms with Crippen molar-refractivity contribution in [2.75, 3.05) is 20.1 Å². The molecule has 14 heavy (non-hydrogen) atoms. The molecule has 1 N–H and O–H groups in total. The summed E-state index contributed by atoms with van der Waals surface area (Å²) in [6.45, 7) is -0.472. The molecule has 0 aromatic heterocycles. The summed E-state index contributed by atoms with van der Waals surface area (Å²) < 4.78 is 35.8. The molecule has 0 saturated carbocycles. The second-order valence-corrected chi connectivity index (χ2v) is 3.46. The fourth-order valence-electron chi connectivity index (χ4n) is 1.51. The van der Waals surface area contributed by atoms with Gasteiger partial charge in [0.25, 0.3) is 0 Å². The lowest BCUT2D eigenvalue weighted by atomic mass is 10.2. The molecule has 1 heterocycles. The first-order chi connectivity index (χ1) is 6.40. The molecule has 1 atom stereocenters. The van der Waals surface area contributed by atoms with Crippen LogP contribution in [-0.4, -0.2) is 43.2 Å². The van der Waals surface area contributed by atoms with Crippen LogP contribution in [0.15, 0.2) is 0 Å². The van der Waals surface area contributed by atoms with Crippen molar-refractivity contribution in [2.24, 2.45) is 0 Å². The predicted molar refractivity (Wildman–Crippen MR) is 44.7 cm³/mol. The van der Waals surface area contributed by atoms with Gasteiger partial charge in [-0.15, -0.1) is 0 Å². The van der Waals surface area contributed by atoms with Gasteiger partial charge >= 0.3 is 6.18 Å². The highest BCUT2D eigenvalue weighted by Crippen LogP contribution is 2.17. The van der Waals surface area contributed by atoms with Gasteiger partial charge in [0.15, 0.2) is 0 Å². The molecule has 1 aliphatic rings. The molecule has 1 saturated heterocycles. The summed E-state index contributed by atoms with van der Waals surface area (Å²) in [5.74, 6) is -0.472. The van der Waals surface area contributed by atoms with Crippen molar-refractivity contribution < 1.29 is 18.0 Å². The zero-order chi connectivity index (χ0) is 10.8. The summed E-state index contributed by atoms with van der Waals surface area (Å²) in [5.41, 5.74) is 0. The maximum atomic E-state index is 11.9. The second kappa shape index (κ2) is 4.16. The molecule has 82 valence electrons. The van der Waals surface area contributed by atoms with Gasteiger partial charge in [-0.2, -0.15) is 13.2 Å². The van der Waals surface area contributed by atoms with Crippen LogP contribution in [0.4, 0.5) is 13.2 Å². The molecule has 0 aliphatic carbocycles. The number of hydrogen-bond acceptors (Lipinski definition) is 2. The number of carbonyl (C=O) groups excluding carboxylic acids is 1. The minimum atomic E-state index is -4.32. The van der Waals surface area contributed by atoms with E-state index in [1.165, 1.54) is 7.05 Å². The molecule has 1 aliphatic heterocycles. The number of nitrogens with zero attached hydrogens (tertiary/aromatic N) is 1. The minimum Gasteiger partial charge on any atom is -0.335 e. The Kier molecular flexibility index (Phi) is 3.36. The molecule has 3 nitrogen and oxygen atoms in total. The van der Waals surface area contributed by atoms with E-state index in [9.17, 15) is 18.0 Å². The van der Waals surface area contributed by atoms with Gasteiger partial charge < -0.3 is 10.2 Å². The fourth-order valence-corrected chi connectivity index (χ4v) is 1.51. The summed E-state index contributed by atoms with van der Waals surface area (Å²) in [4.78, 5) is 12.1. The third-order valence-corrected chi connectivity index (χ3v) is 2.15. The van der Waals surface area contributed by atoms with E-state index in [-0.39, 0.29) is 0 Å². The largest absolute Gasteiger partial charge is 0.406 e. The summed E-state index contributed by atoms with van der Waals surface area (Å²) in [7, 11) is 1.18. The molecule has 0 aromatic rings. The van der Waals surface area contributed by atoms with E-state index in [1.807, 2.05) is 0 Å². The Morgan fingerprint density at radius 1 is 1.57 bits per heavy atom. The lowest BCUT2D eigenvalue weighted by Crippen LogP contribution is -2.45. The maximum absolute atomic E-state index is 11.9. The third-order valence-electron chi connectivity index (χ3n) is 2.15. The maximum Gasteiger partial charge on any atom is 0.406 e. The molecule has 0 aromatic carbocycles. The van der Waals surface area contributed by atoms with Gasteiger partial charge in [-0.25, -0.2) is 0 Å². The number of rotatable bonds is 2. The molecule has 1 amide bonds. The average Bonchev–Trinajstić information content (AvgIpc) is 2.51. The summed E-state index contributed by atoms with van der Waals surface area (Å²) in [5, 5.41) is 2.86. The zero-order valence-corrected chi connectivity index (χ0v) is 7.90. The summed E-state index contributed by atoms with van der Waals surface area (Å²) in [6.07, 6.45) is -2.85. The number of alkyl halides is 3. The highest BCUT2D eigenvalue weighted by molar-refractivity contribution is 5.81. The molecule has 0 unspecified atom stereocenters. The van der Waals surface area contributed by atoms with Crippen molar-refractivity contribution >= 4 is 5.91 Å². The Morgan fingerprint density at radius 3 is 2.64 bits per heavy atom. The summed E-state index contributed by atoms with van der Waals surface area (Å²) in [6, 6.07) is -0.428. The van der Waals surface area contributed by atoms with Crippen molar-refractivity contribution in [1.29, 1.82) is 0 Å². The number of halogens is 3. The van der Waals surface area contributed by atoms with E-state index in [1.54, 1.807) is 0 Å². The number of carbonyl (C=O) groups is 1. The smallest absolute Gasteiger partial charge is 0.335 e. The Morgan fingerprint density at radius 2 is 2.21 bits per heavy atom. The normalized spacial score (nSPS) is 22.4. The third kappa shape index (κ3) is 3.17. The van der Waals surface area contributed by atoms with E-state index in [2.05, 4.69) is 5.32 Å². The number of hydrogen-bond donors (Lipinski definition) is 1. The van der Waals surface area contributed by atoms with Crippen LogP contribution < -0.4 is 5.32 Å². The van der Waals surface area contributed by atoms with Crippen molar-refractivity contribution in [3.63, 3.8) is 0 Å². The van der Waals surface area contributed by atoms with Crippen LogP contribution in [0.5, 0.6) is 0 Å². The molecular formula is C8H13F3N2O. The van der Waals surface area contributed by atoms with Gasteiger partial charge in [-0.1, -0.05) is 0 Å². The standard InChI is InChI=1S/C8H13F3N2O/c1-13(5-8(9,10)11)7(14)6-3-2-4-12-6/h6,12H,2-5H2,1H3/t6-/m1/s1. The Bertz CT molecular complexity index is 211. The van der Waals surface area contributed by atoms with Crippen LogP contribution in [0, 0.1) is 0 Å². The van der Waals surface area contributed by atoms with Crippen LogP contribution in [0.25, 0.3) is 0 Å². The first-order valence-corrected chi connectivity index (χ1v) is 4.45. The van der Waals surface area contributed by atoms with Crippen LogP contribution >= 0.6 is 0 Å². The van der Waals surface area contributed by atoms with Gasteiger partial charge in [0.1, 0.15) is 6.54 Å². The lowest BCUT2D eigenvalue weighted by molar-refractivity contribution is -0.159. The van der Waals surface area contributed by atoms with Crippen molar-refractivity contribution in [1.82, 2.24) is 10.2 Å². The molecule has 1 rings (SSSR count). The van der Waals surface area contributed by atoms with E-state index in [4.69, 9.17) is 0 Å². The first kappa shape index (κ1) is 11.3. The molecule has 6 heteroatoms. The Hall–Kier alpha value is -0.780. The van der Waals surface area contributed by atoms with Crippen LogP contribution in [-0.2, 0) is 4.79 Å². The van der Waals surface area contributed by atoms with Gasteiger partial charge in [0.2, 0.25) is 5.91 Å². The van der Waals surface area contributed by atoms with Gasteiger partial charge in [-0.05, 0) is 19.4 Å². The van der Waals surface area contributed by atoms with Crippen molar-refractivity contribution in [2.45, 2.75) is 25.1 Å². The van der Waals surface area contributed by atoms with Crippen LogP contribution in [0.3, 0.4) is 0 Å². The highest BCUT2D eigenvalue weighted by Gasteiger charge is 2.34. The Labute approximate surface area is 80.3 Å². The second-order valence-electron chi connectivity index (χ2n) is 3.46. The van der Waals surface area contributed by atoms with Crippen molar-refractivity contribution in [3.05, 3.63) is 0 Å². The van der Waals surface area contributed by atoms with E-state index in [0.717, 1.165) is 11.3 Å². The summed E-state index contributed by atoms with van der Waals surface area (Å²) >= 11 is 0. The topological polar surface area (TPSA) is 32.3 Å². The molecule has 1 fully saturated rings. The first-order valence-electron chi connectivity index (χ1n) is 4.45. The van der Waals surface area contributed by atoms with Crippen molar-refractivity contribution in [3.8, 4) is 0 Å². The quantitative estimate of drug-likeness (QED) is 0.729. The predicted octanol–water partition coefficient (Wildman–Crippen LogP) is 0.759. The zero-order valence-electron chi connectivity index (χ0n) is 7.90. The van der Waals surface area contributed by atoms with E-state index >= 15 is 0 Å². The lowest BCUT2D eigenvalue weighted by Gasteiger charge is -2.22. The van der Waals surface area contributed by atoms with E-state index < -0.39 is 24.7 Å².